The fourth-order valence-corrected chi connectivity index (χ4v) is 1.47. The first-order chi connectivity index (χ1) is 10.9. The number of carbonyl (C=O) groups is 2. The fourth-order valence-electron chi connectivity index (χ4n) is 1.47. The van der Waals surface area contributed by atoms with Crippen molar-refractivity contribution in [1.29, 1.82) is 0 Å². The van der Waals surface area contributed by atoms with Crippen LogP contribution in [0.4, 0.5) is 0 Å². The van der Waals surface area contributed by atoms with Gasteiger partial charge in [0.15, 0.2) is 11.5 Å². The Hall–Kier alpha value is -3.35. The molecule has 1 heterocycles. The molecule has 0 aliphatic heterocycles. The van der Waals surface area contributed by atoms with Crippen LogP contribution in [0.25, 0.3) is 6.08 Å². The first-order valence-electron chi connectivity index (χ1n) is 6.35. The SMILES string of the molecule is COc1ccc(/C=C\C(=O)O)cc1O.O=C(O)c1cccnc1. The lowest BCUT2D eigenvalue weighted by Gasteiger charge is -2.02. The summed E-state index contributed by atoms with van der Waals surface area (Å²) < 4.78 is 4.84. The molecule has 0 unspecified atom stereocenters. The number of nitrogens with zero attached hydrogens (tertiary/aromatic N) is 1. The van der Waals surface area contributed by atoms with Gasteiger partial charge in [-0.25, -0.2) is 9.59 Å². The maximum absolute atomic E-state index is 10.2. The Balaban J connectivity index is 0.000000253. The van der Waals surface area contributed by atoms with E-state index in [4.69, 9.17) is 14.9 Å². The Bertz CT molecular complexity index is 697. The Morgan fingerprint density at radius 2 is 1.96 bits per heavy atom. The molecule has 23 heavy (non-hydrogen) atoms. The predicted molar refractivity (Wildman–Crippen MR) is 82.5 cm³/mol. The summed E-state index contributed by atoms with van der Waals surface area (Å²) in [6, 6.07) is 7.73. The van der Waals surface area contributed by atoms with Gasteiger partial charge in [-0.05, 0) is 35.9 Å². The summed E-state index contributed by atoms with van der Waals surface area (Å²) in [5.41, 5.74) is 0.822. The van der Waals surface area contributed by atoms with Crippen molar-refractivity contribution in [2.75, 3.05) is 7.11 Å². The van der Waals surface area contributed by atoms with E-state index in [1.807, 2.05) is 0 Å². The minimum atomic E-state index is -1.03. The van der Waals surface area contributed by atoms with Gasteiger partial charge >= 0.3 is 11.9 Å². The number of pyridine rings is 1. The molecule has 7 nitrogen and oxygen atoms in total. The fraction of sp³-hybridized carbons (Fsp3) is 0.0625. The van der Waals surface area contributed by atoms with Gasteiger partial charge in [0, 0.05) is 18.5 Å². The molecule has 0 saturated carbocycles. The number of carboxylic acids is 2. The zero-order chi connectivity index (χ0) is 17.2. The second-order valence-corrected chi connectivity index (χ2v) is 4.15. The number of phenolic OH excluding ortho intramolecular Hbond substituents is 1. The van der Waals surface area contributed by atoms with Crippen molar-refractivity contribution in [3.8, 4) is 11.5 Å². The molecule has 0 aliphatic rings. The molecule has 0 radical (unpaired) electrons. The molecule has 7 heteroatoms. The molecular formula is C16H15NO6. The van der Waals surface area contributed by atoms with Gasteiger partial charge in [-0.2, -0.15) is 0 Å². The first kappa shape index (κ1) is 17.7. The highest BCUT2D eigenvalue weighted by molar-refractivity contribution is 5.87. The van der Waals surface area contributed by atoms with E-state index in [1.54, 1.807) is 18.2 Å². The minimum absolute atomic E-state index is 0.0139. The number of hydrogen-bond acceptors (Lipinski definition) is 5. The van der Waals surface area contributed by atoms with Crippen molar-refractivity contribution in [1.82, 2.24) is 4.98 Å². The molecule has 2 rings (SSSR count). The molecule has 3 N–H and O–H groups in total. The molecule has 0 amide bonds. The summed E-state index contributed by atoms with van der Waals surface area (Å²) in [4.78, 5) is 24.0. The lowest BCUT2D eigenvalue weighted by molar-refractivity contribution is -0.131. The van der Waals surface area contributed by atoms with Crippen molar-refractivity contribution in [2.45, 2.75) is 0 Å². The predicted octanol–water partition coefficient (Wildman–Crippen LogP) is 2.28. The van der Waals surface area contributed by atoms with Gasteiger partial charge < -0.3 is 20.1 Å². The van der Waals surface area contributed by atoms with Crippen molar-refractivity contribution >= 4 is 18.0 Å². The smallest absolute Gasteiger partial charge is 0.337 e. The van der Waals surface area contributed by atoms with Crippen molar-refractivity contribution in [3.63, 3.8) is 0 Å². The van der Waals surface area contributed by atoms with Crippen LogP contribution in [0, 0.1) is 0 Å². The van der Waals surface area contributed by atoms with Crippen molar-refractivity contribution < 1.29 is 29.6 Å². The summed E-state index contributed by atoms with van der Waals surface area (Å²) in [7, 11) is 1.45. The lowest BCUT2D eigenvalue weighted by Crippen LogP contribution is -1.94. The molecule has 120 valence electrons. The highest BCUT2D eigenvalue weighted by atomic mass is 16.5. The van der Waals surface area contributed by atoms with Gasteiger partial charge in [-0.1, -0.05) is 6.07 Å². The standard InChI is InChI=1S/C10H10O4.C6H5NO2/c1-14-9-4-2-7(6-8(9)11)3-5-10(12)13;8-6(9)5-2-1-3-7-4-5/h2-6,11H,1H3,(H,12,13);1-4H,(H,8,9)/b5-3-;. The summed E-state index contributed by atoms with van der Waals surface area (Å²) in [6.07, 6.45) is 5.23. The highest BCUT2D eigenvalue weighted by Crippen LogP contribution is 2.26. The Morgan fingerprint density at radius 1 is 1.22 bits per heavy atom. The maximum Gasteiger partial charge on any atom is 0.337 e. The Morgan fingerprint density at radius 3 is 2.39 bits per heavy atom. The second-order valence-electron chi connectivity index (χ2n) is 4.15. The molecule has 0 atom stereocenters. The molecule has 1 aromatic carbocycles. The third-order valence-corrected chi connectivity index (χ3v) is 2.53. The van der Waals surface area contributed by atoms with Gasteiger partial charge in [0.05, 0.1) is 12.7 Å². The van der Waals surface area contributed by atoms with Gasteiger partial charge in [0.25, 0.3) is 0 Å². The van der Waals surface area contributed by atoms with E-state index in [-0.39, 0.29) is 11.3 Å². The quantitative estimate of drug-likeness (QED) is 0.740. The van der Waals surface area contributed by atoms with Crippen molar-refractivity contribution in [3.05, 3.63) is 59.9 Å². The van der Waals surface area contributed by atoms with Crippen LogP contribution in [-0.2, 0) is 4.79 Å². The number of aliphatic carboxylic acids is 1. The number of methoxy groups -OCH3 is 1. The number of hydrogen-bond donors (Lipinski definition) is 3. The minimum Gasteiger partial charge on any atom is -0.504 e. The largest absolute Gasteiger partial charge is 0.504 e. The van der Waals surface area contributed by atoms with Crippen LogP contribution < -0.4 is 4.74 Å². The molecule has 0 bridgehead atoms. The molecule has 1 aromatic heterocycles. The van der Waals surface area contributed by atoms with E-state index >= 15 is 0 Å². The molecule has 0 saturated heterocycles. The van der Waals surface area contributed by atoms with Crippen LogP contribution in [0.3, 0.4) is 0 Å². The number of benzene rings is 1. The monoisotopic (exact) mass is 317 g/mol. The van der Waals surface area contributed by atoms with E-state index < -0.39 is 11.9 Å². The summed E-state index contributed by atoms with van der Waals surface area (Å²) >= 11 is 0. The van der Waals surface area contributed by atoms with Crippen LogP contribution in [0.15, 0.2) is 48.8 Å². The number of aromatic nitrogens is 1. The van der Waals surface area contributed by atoms with E-state index in [0.29, 0.717) is 11.3 Å². The molecule has 0 fully saturated rings. The summed E-state index contributed by atoms with van der Waals surface area (Å²) in [6.45, 7) is 0. The van der Waals surface area contributed by atoms with Gasteiger partial charge in [-0.3, -0.25) is 4.98 Å². The average molecular weight is 317 g/mol. The molecular weight excluding hydrogens is 302 g/mol. The number of aromatic carboxylic acids is 1. The third-order valence-electron chi connectivity index (χ3n) is 2.53. The topological polar surface area (TPSA) is 117 Å². The number of phenols is 1. The third kappa shape index (κ3) is 6.30. The maximum atomic E-state index is 10.2. The van der Waals surface area contributed by atoms with Crippen LogP contribution in [0.5, 0.6) is 11.5 Å². The Labute approximate surface area is 132 Å². The second kappa shape index (κ2) is 8.83. The number of ether oxygens (including phenoxy) is 1. The zero-order valence-electron chi connectivity index (χ0n) is 12.2. The summed E-state index contributed by atoms with van der Waals surface area (Å²) in [5, 5.41) is 26.1. The number of carboxylic acid groups (broad SMARTS) is 2. The van der Waals surface area contributed by atoms with Gasteiger partial charge in [-0.15, -0.1) is 0 Å². The highest BCUT2D eigenvalue weighted by Gasteiger charge is 2.00. The average Bonchev–Trinajstić information content (AvgIpc) is 2.54. The van der Waals surface area contributed by atoms with E-state index in [0.717, 1.165) is 6.08 Å². The van der Waals surface area contributed by atoms with E-state index in [1.165, 1.54) is 37.7 Å². The summed E-state index contributed by atoms with van der Waals surface area (Å²) in [5.74, 6) is -1.62. The number of aromatic hydroxyl groups is 1. The van der Waals surface area contributed by atoms with E-state index in [9.17, 15) is 14.7 Å². The van der Waals surface area contributed by atoms with Crippen molar-refractivity contribution in [2.24, 2.45) is 0 Å². The lowest BCUT2D eigenvalue weighted by atomic mass is 10.2. The van der Waals surface area contributed by atoms with Crippen LogP contribution >= 0.6 is 0 Å². The van der Waals surface area contributed by atoms with Gasteiger partial charge in [0.2, 0.25) is 0 Å². The first-order valence-corrected chi connectivity index (χ1v) is 6.35. The number of rotatable bonds is 4. The molecule has 0 aliphatic carbocycles. The normalized spacial score (nSPS) is 9.78. The van der Waals surface area contributed by atoms with Crippen LogP contribution in [-0.4, -0.2) is 39.4 Å². The van der Waals surface area contributed by atoms with Crippen LogP contribution in [0.2, 0.25) is 0 Å². The zero-order valence-corrected chi connectivity index (χ0v) is 12.2. The van der Waals surface area contributed by atoms with Gasteiger partial charge in [0.1, 0.15) is 0 Å². The van der Waals surface area contributed by atoms with E-state index in [2.05, 4.69) is 4.98 Å². The van der Waals surface area contributed by atoms with Crippen LogP contribution in [0.1, 0.15) is 15.9 Å². The molecule has 2 aromatic rings. The Kier molecular flexibility index (Phi) is 6.80. The molecule has 0 spiro atoms.